The molecule has 1 N–H and O–H groups in total. The van der Waals surface area contributed by atoms with E-state index in [4.69, 9.17) is 4.74 Å². The second kappa shape index (κ2) is 15.3. The molecule has 0 saturated carbocycles. The topological polar surface area (TPSA) is 42.2 Å². The molecule has 1 heterocycles. The highest BCUT2D eigenvalue weighted by atomic mass is 127. The Labute approximate surface area is 218 Å². The second-order valence-electron chi connectivity index (χ2n) is 9.84. The van der Waals surface area contributed by atoms with Gasteiger partial charge in [0, 0.05) is 29.8 Å². The number of unbranched alkanes of at least 4 members (excludes halogenated alkanes) is 7. The number of hydrogen-bond donors (Lipinski definition) is 1. The van der Waals surface area contributed by atoms with Crippen LogP contribution in [0.3, 0.4) is 0 Å². The van der Waals surface area contributed by atoms with Gasteiger partial charge < -0.3 is 34.0 Å². The van der Waals surface area contributed by atoms with Crippen LogP contribution in [0, 0.1) is 0 Å². The Morgan fingerprint density at radius 2 is 1.55 bits per heavy atom. The van der Waals surface area contributed by atoms with E-state index in [0.717, 1.165) is 29.9 Å². The third kappa shape index (κ3) is 10.9. The zero-order valence-electron chi connectivity index (χ0n) is 21.3. The number of halogens is 1. The van der Waals surface area contributed by atoms with E-state index in [1.165, 1.54) is 44.9 Å². The maximum absolute atomic E-state index is 12.7. The van der Waals surface area contributed by atoms with E-state index in [1.54, 1.807) is 0 Å². The average molecular weight is 567 g/mol. The minimum absolute atomic E-state index is 0. The SMILES string of the molecule is CCCCCCCCCCOc1ccc(C(=O)NCc2cc[n+](C)cc2)cc1C(C)(C)C.[I-]. The molecule has 0 aliphatic rings. The first-order valence-electron chi connectivity index (χ1n) is 12.3. The van der Waals surface area contributed by atoms with Crippen molar-refractivity contribution >= 4 is 5.91 Å². The van der Waals surface area contributed by atoms with E-state index in [2.05, 4.69) is 33.0 Å². The minimum Gasteiger partial charge on any atom is -1.00 e. The smallest absolute Gasteiger partial charge is 0.251 e. The summed E-state index contributed by atoms with van der Waals surface area (Å²) in [5, 5.41) is 3.03. The molecule has 0 aliphatic heterocycles. The normalized spacial score (nSPS) is 11.1. The van der Waals surface area contributed by atoms with Crippen molar-refractivity contribution in [2.45, 2.75) is 91.0 Å². The molecule has 0 spiro atoms. The average Bonchev–Trinajstić information content (AvgIpc) is 2.76. The maximum atomic E-state index is 12.7. The highest BCUT2D eigenvalue weighted by Gasteiger charge is 2.21. The Hall–Kier alpha value is -1.63. The first kappa shape index (κ1) is 29.4. The van der Waals surface area contributed by atoms with Crippen LogP contribution in [0.2, 0.25) is 0 Å². The number of pyridine rings is 1. The maximum Gasteiger partial charge on any atom is 0.251 e. The largest absolute Gasteiger partial charge is 1.00 e. The molecule has 4 nitrogen and oxygen atoms in total. The lowest BCUT2D eigenvalue weighted by molar-refractivity contribution is -0.671. The van der Waals surface area contributed by atoms with E-state index in [9.17, 15) is 4.79 Å². The zero-order chi connectivity index (χ0) is 23.4. The lowest BCUT2D eigenvalue weighted by Crippen LogP contribution is -3.00. The number of rotatable bonds is 13. The van der Waals surface area contributed by atoms with Crippen molar-refractivity contribution in [2.75, 3.05) is 6.61 Å². The number of aromatic nitrogens is 1. The number of nitrogens with zero attached hydrogens (tertiary/aromatic N) is 1. The fourth-order valence-electron chi connectivity index (χ4n) is 3.74. The molecule has 0 saturated heterocycles. The fourth-order valence-corrected chi connectivity index (χ4v) is 3.74. The number of carbonyl (C=O) groups is 1. The van der Waals surface area contributed by atoms with Crippen molar-refractivity contribution in [3.8, 4) is 5.75 Å². The number of carbonyl (C=O) groups excluding carboxylic acids is 1. The molecule has 0 unspecified atom stereocenters. The van der Waals surface area contributed by atoms with Gasteiger partial charge in [0.1, 0.15) is 12.8 Å². The molecule has 0 atom stereocenters. The molecule has 2 rings (SSSR count). The van der Waals surface area contributed by atoms with Crippen LogP contribution in [0.15, 0.2) is 42.7 Å². The van der Waals surface area contributed by atoms with Gasteiger partial charge in [-0.25, -0.2) is 4.57 Å². The quantitative estimate of drug-likeness (QED) is 0.230. The Morgan fingerprint density at radius 1 is 0.939 bits per heavy atom. The molecule has 1 amide bonds. The number of nitrogens with one attached hydrogen (secondary N) is 1. The fraction of sp³-hybridized carbons (Fsp3) is 0.571. The summed E-state index contributed by atoms with van der Waals surface area (Å²) in [4.78, 5) is 12.7. The van der Waals surface area contributed by atoms with Crippen LogP contribution in [-0.2, 0) is 19.0 Å². The summed E-state index contributed by atoms with van der Waals surface area (Å²) in [6.45, 7) is 9.99. The number of ether oxygens (including phenoxy) is 1. The molecule has 2 aromatic rings. The standard InChI is InChI=1S/C28H42N2O2.HI/c1-6-7-8-9-10-11-12-13-20-32-26-15-14-24(21-25(26)28(2,3)4)27(31)29-22-23-16-18-30(5)19-17-23;/h14-19,21H,6-13,20,22H2,1-5H3;1H. The third-order valence-electron chi connectivity index (χ3n) is 5.81. The second-order valence-corrected chi connectivity index (χ2v) is 9.84. The first-order valence-corrected chi connectivity index (χ1v) is 12.3. The van der Waals surface area contributed by atoms with E-state index in [0.29, 0.717) is 12.1 Å². The predicted molar refractivity (Wildman–Crippen MR) is 132 cm³/mol. The van der Waals surface area contributed by atoms with Crippen molar-refractivity contribution in [1.29, 1.82) is 0 Å². The molecular weight excluding hydrogens is 523 g/mol. The van der Waals surface area contributed by atoms with Crippen LogP contribution < -0.4 is 38.6 Å². The van der Waals surface area contributed by atoms with Gasteiger partial charge in [-0.1, -0.05) is 72.6 Å². The third-order valence-corrected chi connectivity index (χ3v) is 5.81. The summed E-state index contributed by atoms with van der Waals surface area (Å²) in [6, 6.07) is 9.86. The van der Waals surface area contributed by atoms with Gasteiger partial charge in [0.2, 0.25) is 0 Å². The number of hydrogen-bond acceptors (Lipinski definition) is 2. The Balaban J connectivity index is 0.00000544. The molecule has 0 fully saturated rings. The van der Waals surface area contributed by atoms with E-state index < -0.39 is 0 Å². The van der Waals surface area contributed by atoms with Gasteiger partial charge in [-0.15, -0.1) is 0 Å². The zero-order valence-corrected chi connectivity index (χ0v) is 23.4. The van der Waals surface area contributed by atoms with Crippen molar-refractivity contribution in [3.05, 3.63) is 59.4 Å². The van der Waals surface area contributed by atoms with Gasteiger partial charge in [0.15, 0.2) is 12.4 Å². The number of aryl methyl sites for hydroxylation is 1. The lowest BCUT2D eigenvalue weighted by atomic mass is 9.85. The highest BCUT2D eigenvalue weighted by Crippen LogP contribution is 2.32. The van der Waals surface area contributed by atoms with Gasteiger partial charge in [-0.2, -0.15) is 0 Å². The van der Waals surface area contributed by atoms with Gasteiger partial charge >= 0.3 is 0 Å². The summed E-state index contributed by atoms with van der Waals surface area (Å²) in [5.74, 6) is 0.839. The Morgan fingerprint density at radius 3 is 2.15 bits per heavy atom. The minimum atomic E-state index is -0.0981. The lowest BCUT2D eigenvalue weighted by Gasteiger charge is -2.23. The van der Waals surface area contributed by atoms with Crippen LogP contribution in [0.5, 0.6) is 5.75 Å². The summed E-state index contributed by atoms with van der Waals surface area (Å²) in [7, 11) is 1.98. The Bertz CT molecular complexity index is 829. The molecular formula is C28H43IN2O2. The van der Waals surface area contributed by atoms with Crippen LogP contribution >= 0.6 is 0 Å². The van der Waals surface area contributed by atoms with E-state index in [1.807, 2.05) is 54.3 Å². The van der Waals surface area contributed by atoms with Gasteiger partial charge in [-0.05, 0) is 35.6 Å². The van der Waals surface area contributed by atoms with Crippen LogP contribution in [0.25, 0.3) is 0 Å². The Kier molecular flexibility index (Phi) is 13.6. The molecule has 0 aliphatic carbocycles. The monoisotopic (exact) mass is 566 g/mol. The van der Waals surface area contributed by atoms with Gasteiger partial charge in [0.05, 0.1) is 6.61 Å². The van der Waals surface area contributed by atoms with Crippen molar-refractivity contribution in [3.63, 3.8) is 0 Å². The predicted octanol–water partition coefficient (Wildman–Crippen LogP) is 3.26. The van der Waals surface area contributed by atoms with Gasteiger partial charge in [-0.3, -0.25) is 4.79 Å². The summed E-state index contributed by atoms with van der Waals surface area (Å²) in [5.41, 5.74) is 2.74. The molecule has 0 radical (unpaired) electrons. The van der Waals surface area contributed by atoms with Gasteiger partial charge in [0.25, 0.3) is 5.91 Å². The molecule has 1 aromatic heterocycles. The van der Waals surface area contributed by atoms with Crippen LogP contribution in [0.4, 0.5) is 0 Å². The molecule has 0 bridgehead atoms. The molecule has 1 aromatic carbocycles. The van der Waals surface area contributed by atoms with E-state index in [-0.39, 0.29) is 35.3 Å². The van der Waals surface area contributed by atoms with Crippen molar-refractivity contribution in [1.82, 2.24) is 5.32 Å². The molecule has 5 heteroatoms. The summed E-state index contributed by atoms with van der Waals surface area (Å²) in [6.07, 6.45) is 14.3. The summed E-state index contributed by atoms with van der Waals surface area (Å²) < 4.78 is 8.13. The van der Waals surface area contributed by atoms with Crippen molar-refractivity contribution < 1.29 is 38.1 Å². The number of amides is 1. The number of benzene rings is 1. The summed E-state index contributed by atoms with van der Waals surface area (Å²) >= 11 is 0. The molecule has 184 valence electrons. The van der Waals surface area contributed by atoms with Crippen molar-refractivity contribution in [2.24, 2.45) is 7.05 Å². The highest BCUT2D eigenvalue weighted by molar-refractivity contribution is 5.94. The molecule has 33 heavy (non-hydrogen) atoms. The van der Waals surface area contributed by atoms with Crippen LogP contribution in [0.1, 0.15) is 101 Å². The van der Waals surface area contributed by atoms with E-state index >= 15 is 0 Å². The van der Waals surface area contributed by atoms with Crippen LogP contribution in [-0.4, -0.2) is 12.5 Å². The first-order chi connectivity index (χ1) is 15.3.